The first-order valence-corrected chi connectivity index (χ1v) is 6.66. The minimum absolute atomic E-state index is 0.632. The van der Waals surface area contributed by atoms with Gasteiger partial charge in [-0.15, -0.1) is 11.3 Å². The van der Waals surface area contributed by atoms with Gasteiger partial charge in [-0.2, -0.15) is 0 Å². The van der Waals surface area contributed by atoms with E-state index in [1.165, 1.54) is 0 Å². The monoisotopic (exact) mass is 263 g/mol. The number of thiazole rings is 1. The van der Waals surface area contributed by atoms with Crippen molar-refractivity contribution in [3.05, 3.63) is 29.1 Å². The molecule has 5 heteroatoms. The number of likely N-dealkylation sites (N-methyl/N-ethyl adjacent to an activating group) is 1. The second-order valence-corrected chi connectivity index (χ2v) is 5.00. The van der Waals surface area contributed by atoms with Crippen molar-refractivity contribution >= 4 is 17.0 Å². The zero-order chi connectivity index (χ0) is 13.0. The number of rotatable bonds is 5. The van der Waals surface area contributed by atoms with Gasteiger partial charge in [-0.3, -0.25) is 0 Å². The molecule has 0 spiro atoms. The molecule has 4 nitrogen and oxygen atoms in total. The van der Waals surface area contributed by atoms with Crippen LogP contribution in [0, 0.1) is 0 Å². The molecule has 2 N–H and O–H groups in total. The van der Waals surface area contributed by atoms with Crippen LogP contribution in [0.25, 0.3) is 11.3 Å². The molecule has 0 bridgehead atoms. The molecule has 0 aliphatic carbocycles. The Balaban J connectivity index is 2.06. The summed E-state index contributed by atoms with van der Waals surface area (Å²) in [6.45, 7) is 1.50. The number of anilines is 1. The van der Waals surface area contributed by atoms with Crippen LogP contribution in [0.3, 0.4) is 0 Å². The summed E-state index contributed by atoms with van der Waals surface area (Å²) >= 11 is 1.57. The van der Waals surface area contributed by atoms with Crippen molar-refractivity contribution < 1.29 is 4.74 Å². The molecule has 2 rings (SSSR count). The van der Waals surface area contributed by atoms with Crippen LogP contribution in [-0.2, 0) is 0 Å². The van der Waals surface area contributed by atoms with Crippen LogP contribution in [0.15, 0.2) is 29.1 Å². The Morgan fingerprint density at radius 3 is 2.83 bits per heavy atom. The van der Waals surface area contributed by atoms with Crippen LogP contribution < -0.4 is 10.5 Å². The molecule has 96 valence electrons. The van der Waals surface area contributed by atoms with Crippen molar-refractivity contribution in [2.75, 3.05) is 33.0 Å². The SMILES string of the molecule is CN(C)CCOc1ccc(-c2cscn2)cc1N. The molecule has 1 heterocycles. The molecule has 0 unspecified atom stereocenters. The Hall–Kier alpha value is -1.59. The fourth-order valence-corrected chi connectivity index (χ4v) is 2.09. The van der Waals surface area contributed by atoms with Gasteiger partial charge in [0.15, 0.2) is 0 Å². The number of nitrogens with zero attached hydrogens (tertiary/aromatic N) is 2. The summed E-state index contributed by atoms with van der Waals surface area (Å²) in [6, 6.07) is 5.79. The molecule has 0 saturated heterocycles. The van der Waals surface area contributed by atoms with E-state index in [-0.39, 0.29) is 0 Å². The van der Waals surface area contributed by atoms with Crippen molar-refractivity contribution in [1.29, 1.82) is 0 Å². The van der Waals surface area contributed by atoms with E-state index in [2.05, 4.69) is 9.88 Å². The minimum Gasteiger partial charge on any atom is -0.490 e. The lowest BCUT2D eigenvalue weighted by molar-refractivity contribution is 0.262. The summed E-state index contributed by atoms with van der Waals surface area (Å²) in [7, 11) is 4.02. The Labute approximate surface area is 111 Å². The van der Waals surface area contributed by atoms with Gasteiger partial charge < -0.3 is 15.4 Å². The normalized spacial score (nSPS) is 10.8. The zero-order valence-corrected chi connectivity index (χ0v) is 11.4. The average Bonchev–Trinajstić information content (AvgIpc) is 2.84. The third-order valence-corrected chi connectivity index (χ3v) is 3.12. The molecule has 1 aromatic heterocycles. The molecular weight excluding hydrogens is 246 g/mol. The lowest BCUT2D eigenvalue weighted by Crippen LogP contribution is -2.19. The predicted octanol–water partition coefficient (Wildman–Crippen LogP) is 2.33. The maximum absolute atomic E-state index is 5.98. The molecule has 0 radical (unpaired) electrons. The number of hydrogen-bond donors (Lipinski definition) is 1. The fourth-order valence-electron chi connectivity index (χ4n) is 1.53. The van der Waals surface area contributed by atoms with Crippen LogP contribution in [0.2, 0.25) is 0 Å². The van der Waals surface area contributed by atoms with E-state index in [4.69, 9.17) is 10.5 Å². The van der Waals surface area contributed by atoms with Crippen LogP contribution in [0.4, 0.5) is 5.69 Å². The third-order valence-electron chi connectivity index (χ3n) is 2.53. The highest BCUT2D eigenvalue weighted by atomic mass is 32.1. The maximum atomic E-state index is 5.98. The summed E-state index contributed by atoms with van der Waals surface area (Å²) < 4.78 is 5.64. The highest BCUT2D eigenvalue weighted by molar-refractivity contribution is 7.07. The van der Waals surface area contributed by atoms with Gasteiger partial charge in [-0.05, 0) is 32.3 Å². The van der Waals surface area contributed by atoms with Gasteiger partial charge in [-0.1, -0.05) is 0 Å². The lowest BCUT2D eigenvalue weighted by atomic mass is 10.1. The molecular formula is C13H17N3OS. The smallest absolute Gasteiger partial charge is 0.142 e. The van der Waals surface area contributed by atoms with E-state index < -0.39 is 0 Å². The first kappa shape index (κ1) is 12.9. The van der Waals surface area contributed by atoms with Gasteiger partial charge in [0.2, 0.25) is 0 Å². The van der Waals surface area contributed by atoms with E-state index in [1.54, 1.807) is 11.3 Å². The number of aromatic nitrogens is 1. The van der Waals surface area contributed by atoms with Crippen molar-refractivity contribution in [2.24, 2.45) is 0 Å². The maximum Gasteiger partial charge on any atom is 0.142 e. The van der Waals surface area contributed by atoms with E-state index in [0.29, 0.717) is 12.3 Å². The van der Waals surface area contributed by atoms with Gasteiger partial charge in [0.05, 0.1) is 16.9 Å². The van der Waals surface area contributed by atoms with E-state index in [1.807, 2.05) is 43.2 Å². The molecule has 0 saturated carbocycles. The molecule has 0 amide bonds. The second kappa shape index (κ2) is 5.84. The van der Waals surface area contributed by atoms with Gasteiger partial charge in [0, 0.05) is 17.5 Å². The van der Waals surface area contributed by atoms with Crippen LogP contribution in [0.1, 0.15) is 0 Å². The first-order valence-electron chi connectivity index (χ1n) is 5.72. The van der Waals surface area contributed by atoms with E-state index >= 15 is 0 Å². The van der Waals surface area contributed by atoms with Crippen LogP contribution in [0.5, 0.6) is 5.75 Å². The number of nitrogen functional groups attached to an aromatic ring is 1. The Bertz CT molecular complexity index is 497. The summed E-state index contributed by atoms with van der Waals surface area (Å²) in [6.07, 6.45) is 0. The molecule has 1 aromatic carbocycles. The number of ether oxygens (including phenoxy) is 1. The van der Waals surface area contributed by atoms with Crippen LogP contribution >= 0.6 is 11.3 Å². The Kier molecular flexibility index (Phi) is 4.17. The standard InChI is InChI=1S/C13H17N3OS/c1-16(2)5-6-17-13-4-3-10(7-11(13)14)12-8-18-9-15-12/h3-4,7-9H,5-6,14H2,1-2H3. The molecule has 0 aliphatic heterocycles. The van der Waals surface area contributed by atoms with Gasteiger partial charge >= 0.3 is 0 Å². The molecule has 0 atom stereocenters. The predicted molar refractivity (Wildman–Crippen MR) is 76.0 cm³/mol. The van der Waals surface area contributed by atoms with Crippen molar-refractivity contribution in [3.63, 3.8) is 0 Å². The Morgan fingerprint density at radius 2 is 2.22 bits per heavy atom. The summed E-state index contributed by atoms with van der Waals surface area (Å²) in [5.41, 5.74) is 10.4. The fraction of sp³-hybridized carbons (Fsp3) is 0.308. The van der Waals surface area contributed by atoms with Gasteiger partial charge in [0.25, 0.3) is 0 Å². The van der Waals surface area contributed by atoms with Gasteiger partial charge in [0.1, 0.15) is 12.4 Å². The van der Waals surface area contributed by atoms with Crippen molar-refractivity contribution in [3.8, 4) is 17.0 Å². The van der Waals surface area contributed by atoms with E-state index in [9.17, 15) is 0 Å². The van der Waals surface area contributed by atoms with E-state index in [0.717, 1.165) is 23.6 Å². The molecule has 0 fully saturated rings. The Morgan fingerprint density at radius 1 is 1.39 bits per heavy atom. The highest BCUT2D eigenvalue weighted by Gasteiger charge is 2.05. The average molecular weight is 263 g/mol. The largest absolute Gasteiger partial charge is 0.490 e. The van der Waals surface area contributed by atoms with Crippen LogP contribution in [-0.4, -0.2) is 37.1 Å². The van der Waals surface area contributed by atoms with Gasteiger partial charge in [-0.25, -0.2) is 4.98 Å². The minimum atomic E-state index is 0.632. The quantitative estimate of drug-likeness (QED) is 0.841. The highest BCUT2D eigenvalue weighted by Crippen LogP contribution is 2.28. The molecule has 0 aliphatic rings. The summed E-state index contributed by atoms with van der Waals surface area (Å²) in [5, 5.41) is 2.00. The second-order valence-electron chi connectivity index (χ2n) is 4.28. The van der Waals surface area contributed by atoms with Crippen molar-refractivity contribution in [1.82, 2.24) is 9.88 Å². The number of benzene rings is 1. The zero-order valence-electron chi connectivity index (χ0n) is 10.6. The van der Waals surface area contributed by atoms with Crippen molar-refractivity contribution in [2.45, 2.75) is 0 Å². The topological polar surface area (TPSA) is 51.4 Å². The number of hydrogen-bond acceptors (Lipinski definition) is 5. The third kappa shape index (κ3) is 3.21. The summed E-state index contributed by atoms with van der Waals surface area (Å²) in [4.78, 5) is 6.33. The first-order chi connectivity index (χ1) is 8.66. The molecule has 18 heavy (non-hydrogen) atoms. The summed E-state index contributed by atoms with van der Waals surface area (Å²) in [5.74, 6) is 0.732. The number of nitrogens with two attached hydrogens (primary N) is 1. The lowest BCUT2D eigenvalue weighted by Gasteiger charge is -2.12. The molecule has 2 aromatic rings.